The first-order valence-electron chi connectivity index (χ1n) is 8.42. The average Bonchev–Trinajstić information content (AvgIpc) is 3.08. The van der Waals surface area contributed by atoms with E-state index in [4.69, 9.17) is 13.9 Å². The summed E-state index contributed by atoms with van der Waals surface area (Å²) < 4.78 is 55.6. The molecule has 3 heterocycles. The lowest BCUT2D eigenvalue weighted by Gasteiger charge is -2.37. The molecule has 1 aromatic carbocycles. The van der Waals surface area contributed by atoms with Crippen LogP contribution in [0.25, 0.3) is 11.0 Å². The average molecular weight is 401 g/mol. The summed E-state index contributed by atoms with van der Waals surface area (Å²) in [6.45, 7) is 1.65. The van der Waals surface area contributed by atoms with E-state index in [-0.39, 0.29) is 6.01 Å². The molecule has 0 amide bonds. The van der Waals surface area contributed by atoms with Crippen molar-refractivity contribution in [3.05, 3.63) is 38.2 Å². The largest absolute Gasteiger partial charge is 0.417 e. The van der Waals surface area contributed by atoms with Crippen molar-refractivity contribution < 1.29 is 32.0 Å². The Balaban J connectivity index is 1.75. The lowest BCUT2D eigenvalue weighted by atomic mass is 10.0. The third-order valence-corrected chi connectivity index (χ3v) is 4.82. The molecule has 1 spiro atoms. The number of hydrogen-bond acceptors (Lipinski definition) is 8. The van der Waals surface area contributed by atoms with Crippen LogP contribution in [0.3, 0.4) is 0 Å². The number of piperidine rings is 1. The van der Waals surface area contributed by atoms with Gasteiger partial charge in [0.2, 0.25) is 5.58 Å². The Morgan fingerprint density at radius 2 is 1.82 bits per heavy atom. The first kappa shape index (κ1) is 18.6. The number of non-ortho nitro benzene ring substituents is 1. The molecule has 0 radical (unpaired) electrons. The molecule has 12 heteroatoms. The summed E-state index contributed by atoms with van der Waals surface area (Å²) in [6.07, 6.45) is -3.93. The van der Waals surface area contributed by atoms with Gasteiger partial charge in [-0.25, -0.2) is 0 Å². The molecule has 9 nitrogen and oxygen atoms in total. The summed E-state index contributed by atoms with van der Waals surface area (Å²) in [5.74, 6) is -0.693. The van der Waals surface area contributed by atoms with Crippen molar-refractivity contribution >= 4 is 22.7 Å². The summed E-state index contributed by atoms with van der Waals surface area (Å²) >= 11 is 0. The number of benzene rings is 1. The van der Waals surface area contributed by atoms with Crippen molar-refractivity contribution in [3.8, 4) is 0 Å². The number of nitro benzene ring substituents is 1. The zero-order chi connectivity index (χ0) is 20.1. The van der Waals surface area contributed by atoms with Crippen molar-refractivity contribution in [2.75, 3.05) is 31.2 Å². The fraction of sp³-hybridized carbons (Fsp3) is 0.500. The quantitative estimate of drug-likeness (QED) is 0.558. The van der Waals surface area contributed by atoms with E-state index in [1.807, 2.05) is 0 Å². The highest BCUT2D eigenvalue weighted by Gasteiger charge is 2.41. The fourth-order valence-corrected chi connectivity index (χ4v) is 3.40. The lowest BCUT2D eigenvalue weighted by molar-refractivity contribution is -0.383. The lowest BCUT2D eigenvalue weighted by Crippen LogP contribution is -2.45. The molecule has 1 aromatic heterocycles. The van der Waals surface area contributed by atoms with Gasteiger partial charge in [0.1, 0.15) is 0 Å². The number of halogens is 3. The minimum atomic E-state index is -4.85. The predicted molar refractivity (Wildman–Crippen MR) is 88.0 cm³/mol. The SMILES string of the molecule is O=c1nc(N2CCC3(CC2)OCCO3)oc2c([N+](=O)[O-])cc(C(F)(F)F)cc12. The second-order valence-electron chi connectivity index (χ2n) is 6.52. The maximum Gasteiger partial charge on any atom is 0.416 e. The van der Waals surface area contributed by atoms with Gasteiger partial charge >= 0.3 is 17.9 Å². The van der Waals surface area contributed by atoms with Crippen LogP contribution in [-0.2, 0) is 15.7 Å². The summed E-state index contributed by atoms with van der Waals surface area (Å²) in [6, 6.07) is 0.671. The third-order valence-electron chi connectivity index (χ3n) is 4.82. The van der Waals surface area contributed by atoms with Gasteiger partial charge in [-0.2, -0.15) is 18.2 Å². The van der Waals surface area contributed by atoms with E-state index in [1.54, 1.807) is 4.90 Å². The Hall–Kier alpha value is -2.73. The molecule has 2 saturated heterocycles. The molecule has 4 rings (SSSR count). The van der Waals surface area contributed by atoms with Crippen LogP contribution >= 0.6 is 0 Å². The Morgan fingerprint density at radius 1 is 1.18 bits per heavy atom. The molecule has 2 aromatic rings. The predicted octanol–water partition coefficient (Wildman–Crippen LogP) is 2.46. The number of rotatable bonds is 2. The molecule has 0 saturated carbocycles. The van der Waals surface area contributed by atoms with Gasteiger partial charge < -0.3 is 18.8 Å². The van der Waals surface area contributed by atoms with Gasteiger partial charge in [-0.1, -0.05) is 0 Å². The van der Waals surface area contributed by atoms with Gasteiger partial charge in [0, 0.05) is 32.0 Å². The molecule has 2 aliphatic rings. The van der Waals surface area contributed by atoms with Crippen molar-refractivity contribution in [2.24, 2.45) is 0 Å². The molecule has 0 bridgehead atoms. The zero-order valence-corrected chi connectivity index (χ0v) is 14.3. The summed E-state index contributed by atoms with van der Waals surface area (Å²) in [4.78, 5) is 27.8. The molecule has 28 heavy (non-hydrogen) atoms. The highest BCUT2D eigenvalue weighted by Crippen LogP contribution is 2.37. The molecule has 150 valence electrons. The van der Waals surface area contributed by atoms with Crippen LogP contribution < -0.4 is 10.5 Å². The van der Waals surface area contributed by atoms with Crippen LogP contribution in [0.1, 0.15) is 18.4 Å². The Labute approximate surface area is 154 Å². The van der Waals surface area contributed by atoms with Crippen molar-refractivity contribution in [1.29, 1.82) is 0 Å². The molecule has 2 fully saturated rings. The van der Waals surface area contributed by atoms with E-state index >= 15 is 0 Å². The van der Waals surface area contributed by atoms with E-state index in [9.17, 15) is 28.1 Å². The molecule has 0 unspecified atom stereocenters. The van der Waals surface area contributed by atoms with Crippen LogP contribution in [0.15, 0.2) is 21.3 Å². The van der Waals surface area contributed by atoms with E-state index in [0.29, 0.717) is 51.3 Å². The second-order valence-corrected chi connectivity index (χ2v) is 6.52. The number of fused-ring (bicyclic) bond motifs is 1. The van der Waals surface area contributed by atoms with Gasteiger partial charge in [-0.05, 0) is 6.07 Å². The topological polar surface area (TPSA) is 108 Å². The Bertz CT molecular complexity index is 990. The molecule has 0 atom stereocenters. The number of aromatic nitrogens is 1. The number of ether oxygens (including phenoxy) is 2. The molecule has 0 N–H and O–H groups in total. The molecular formula is C16H14F3N3O6. The summed E-state index contributed by atoms with van der Waals surface area (Å²) in [7, 11) is 0. The van der Waals surface area contributed by atoms with Gasteiger partial charge in [0.15, 0.2) is 5.79 Å². The maximum atomic E-state index is 13.0. The molecule has 0 aliphatic carbocycles. The summed E-state index contributed by atoms with van der Waals surface area (Å²) in [5.41, 5.74) is -3.83. The maximum absolute atomic E-state index is 13.0. The molecular weight excluding hydrogens is 387 g/mol. The van der Waals surface area contributed by atoms with Crippen LogP contribution in [0, 0.1) is 10.1 Å². The van der Waals surface area contributed by atoms with Crippen LogP contribution in [-0.4, -0.2) is 42.0 Å². The minimum absolute atomic E-state index is 0.187. The number of hydrogen-bond donors (Lipinski definition) is 0. The van der Waals surface area contributed by atoms with Crippen molar-refractivity contribution in [3.63, 3.8) is 0 Å². The van der Waals surface area contributed by atoms with Gasteiger partial charge in [0.05, 0.1) is 29.1 Å². The summed E-state index contributed by atoms with van der Waals surface area (Å²) in [5, 5.41) is 10.7. The number of nitro groups is 1. The Kier molecular flexibility index (Phi) is 4.27. The van der Waals surface area contributed by atoms with E-state index in [2.05, 4.69) is 4.98 Å². The minimum Gasteiger partial charge on any atom is -0.417 e. The van der Waals surface area contributed by atoms with Gasteiger partial charge in [-0.15, -0.1) is 0 Å². The van der Waals surface area contributed by atoms with Crippen LogP contribution in [0.5, 0.6) is 0 Å². The fourth-order valence-electron chi connectivity index (χ4n) is 3.40. The first-order valence-corrected chi connectivity index (χ1v) is 8.42. The molecule has 2 aliphatic heterocycles. The van der Waals surface area contributed by atoms with E-state index < -0.39 is 44.7 Å². The van der Waals surface area contributed by atoms with Crippen molar-refractivity contribution in [2.45, 2.75) is 24.8 Å². The second kappa shape index (κ2) is 6.41. The Morgan fingerprint density at radius 3 is 2.39 bits per heavy atom. The third kappa shape index (κ3) is 3.18. The number of anilines is 1. The number of nitrogens with zero attached hydrogens (tertiary/aromatic N) is 3. The highest BCUT2D eigenvalue weighted by molar-refractivity contribution is 5.86. The van der Waals surface area contributed by atoms with Gasteiger partial charge in [0.25, 0.3) is 5.56 Å². The standard InChI is InChI=1S/C16H14F3N3O6/c17-16(18,19)9-7-10-12(11(8-9)22(24)25)28-14(20-13(10)23)21-3-1-15(2-4-21)26-5-6-27-15/h7-8H,1-6H2. The number of alkyl halides is 3. The van der Waals surface area contributed by atoms with E-state index in [0.717, 1.165) is 0 Å². The van der Waals surface area contributed by atoms with Crippen LogP contribution in [0.2, 0.25) is 0 Å². The smallest absolute Gasteiger partial charge is 0.416 e. The highest BCUT2D eigenvalue weighted by atomic mass is 19.4. The van der Waals surface area contributed by atoms with Crippen LogP contribution in [0.4, 0.5) is 24.9 Å². The monoisotopic (exact) mass is 401 g/mol. The van der Waals surface area contributed by atoms with Crippen molar-refractivity contribution in [1.82, 2.24) is 4.98 Å². The van der Waals surface area contributed by atoms with Gasteiger partial charge in [-0.3, -0.25) is 14.9 Å². The zero-order valence-electron chi connectivity index (χ0n) is 14.3. The van der Waals surface area contributed by atoms with E-state index in [1.165, 1.54) is 0 Å². The normalized spacial score (nSPS) is 19.5. The first-order chi connectivity index (χ1) is 13.2.